The lowest BCUT2D eigenvalue weighted by molar-refractivity contribution is 0.0789. The summed E-state index contributed by atoms with van der Waals surface area (Å²) in [6.45, 7) is 7.72. The number of nitrogens with one attached hydrogen (secondary N) is 1. The zero-order chi connectivity index (χ0) is 21.0. The maximum Gasteiger partial charge on any atom is 0.353 e. The van der Waals surface area contributed by atoms with Crippen molar-refractivity contribution < 1.29 is 14.1 Å². The average molecular weight is 434 g/mol. The Bertz CT molecular complexity index is 1070. The summed E-state index contributed by atoms with van der Waals surface area (Å²) in [5.41, 5.74) is 4.86. The summed E-state index contributed by atoms with van der Waals surface area (Å²) in [5.74, 6) is 0. The number of anilines is 1. The Labute approximate surface area is 177 Å². The quantitative estimate of drug-likeness (QED) is 0.628. The summed E-state index contributed by atoms with van der Waals surface area (Å²) in [4.78, 5) is 17.6. The Morgan fingerprint density at radius 1 is 1.31 bits per heavy atom. The molecule has 0 aromatic carbocycles. The molecule has 2 aromatic rings. The molecule has 0 radical (unpaired) electrons. The second-order valence-corrected chi connectivity index (χ2v) is 11.5. The fourth-order valence-electron chi connectivity index (χ4n) is 4.14. The lowest BCUT2D eigenvalue weighted by Gasteiger charge is -2.20. The first-order valence-electron chi connectivity index (χ1n) is 9.92. The fourth-order valence-corrected chi connectivity index (χ4v) is 6.15. The molecule has 4 rings (SSSR count). The van der Waals surface area contributed by atoms with E-state index in [2.05, 4.69) is 23.5 Å². The molecule has 6 nitrogen and oxygen atoms in total. The number of hydrogen-bond donors (Lipinski definition) is 3. The number of amides is 2. The van der Waals surface area contributed by atoms with Crippen molar-refractivity contribution in [1.82, 2.24) is 4.98 Å². The van der Waals surface area contributed by atoms with Gasteiger partial charge in [0.25, 0.3) is 0 Å². The monoisotopic (exact) mass is 433 g/mol. The SMILES string of the molecule is CC(C)(O)c1csc(/[SH](=O)=N/C(=O)Nc2c3c(nc4c2CCC4(C)C)CCC3)c1. The van der Waals surface area contributed by atoms with E-state index in [1.165, 1.54) is 11.3 Å². The van der Waals surface area contributed by atoms with Crippen LogP contribution in [0.25, 0.3) is 0 Å². The van der Waals surface area contributed by atoms with Gasteiger partial charge < -0.3 is 10.4 Å². The summed E-state index contributed by atoms with van der Waals surface area (Å²) < 4.78 is 17.0. The number of urea groups is 1. The van der Waals surface area contributed by atoms with Crippen molar-refractivity contribution in [3.8, 4) is 0 Å². The maximum atomic E-state index is 12.6. The second-order valence-electron chi connectivity index (χ2n) is 9.01. The van der Waals surface area contributed by atoms with E-state index in [0.717, 1.165) is 60.3 Å². The number of hydrogen-bond acceptors (Lipinski definition) is 5. The molecule has 1 unspecified atom stereocenters. The number of aliphatic hydroxyl groups is 1. The molecule has 29 heavy (non-hydrogen) atoms. The van der Waals surface area contributed by atoms with E-state index in [1.807, 2.05) is 0 Å². The number of rotatable bonds is 3. The van der Waals surface area contributed by atoms with Gasteiger partial charge in [0, 0.05) is 11.1 Å². The van der Waals surface area contributed by atoms with Crippen molar-refractivity contribution in [3.05, 3.63) is 39.5 Å². The van der Waals surface area contributed by atoms with Crippen LogP contribution in [-0.2, 0) is 40.9 Å². The van der Waals surface area contributed by atoms with Gasteiger partial charge in [-0.1, -0.05) is 13.8 Å². The van der Waals surface area contributed by atoms with Crippen LogP contribution in [0.3, 0.4) is 0 Å². The number of carbonyl (C=O) groups excluding carboxylic acids is 1. The first kappa shape index (κ1) is 20.5. The van der Waals surface area contributed by atoms with Crippen LogP contribution in [0.1, 0.15) is 68.6 Å². The summed E-state index contributed by atoms with van der Waals surface area (Å²) in [6, 6.07) is 1.07. The van der Waals surface area contributed by atoms with Crippen LogP contribution in [-0.4, -0.2) is 20.3 Å². The highest BCUT2D eigenvalue weighted by molar-refractivity contribution is 7.78. The van der Waals surface area contributed by atoms with Crippen LogP contribution in [0.4, 0.5) is 10.5 Å². The Kier molecular flexibility index (Phi) is 5.07. The van der Waals surface area contributed by atoms with E-state index in [1.54, 1.807) is 25.3 Å². The number of aryl methyl sites for hydroxylation is 1. The van der Waals surface area contributed by atoms with E-state index in [0.29, 0.717) is 9.77 Å². The molecule has 0 spiro atoms. The van der Waals surface area contributed by atoms with E-state index in [9.17, 15) is 14.1 Å². The Morgan fingerprint density at radius 3 is 2.76 bits per heavy atom. The van der Waals surface area contributed by atoms with Crippen LogP contribution in [0, 0.1) is 0 Å². The molecule has 2 amide bonds. The van der Waals surface area contributed by atoms with E-state index in [4.69, 9.17) is 4.98 Å². The third-order valence-corrected chi connectivity index (χ3v) is 8.25. The van der Waals surface area contributed by atoms with E-state index >= 15 is 0 Å². The van der Waals surface area contributed by atoms with Crippen molar-refractivity contribution in [2.24, 2.45) is 4.36 Å². The molecule has 2 N–H and O–H groups in total. The summed E-state index contributed by atoms with van der Waals surface area (Å²) in [7, 11) is -2.21. The van der Waals surface area contributed by atoms with Gasteiger partial charge in [-0.25, -0.2) is 9.00 Å². The van der Waals surface area contributed by atoms with Gasteiger partial charge in [-0.2, -0.15) is 0 Å². The highest BCUT2D eigenvalue weighted by Gasteiger charge is 2.36. The molecule has 2 aromatic heterocycles. The lowest BCUT2D eigenvalue weighted by atomic mass is 9.90. The maximum absolute atomic E-state index is 12.6. The number of carbonyl (C=O) groups is 1. The Balaban J connectivity index is 1.64. The van der Waals surface area contributed by atoms with E-state index in [-0.39, 0.29) is 5.41 Å². The minimum absolute atomic E-state index is 0.000800. The lowest BCUT2D eigenvalue weighted by Crippen LogP contribution is -2.17. The van der Waals surface area contributed by atoms with Gasteiger partial charge in [0.15, 0.2) is 0 Å². The van der Waals surface area contributed by atoms with Crippen LogP contribution in [0.15, 0.2) is 20.0 Å². The number of fused-ring (bicyclic) bond motifs is 2. The van der Waals surface area contributed by atoms with Crippen LogP contribution >= 0.6 is 11.3 Å². The molecule has 1 atom stereocenters. The first-order chi connectivity index (χ1) is 13.6. The molecule has 156 valence electrons. The summed E-state index contributed by atoms with van der Waals surface area (Å²) in [6.07, 6.45) is 4.75. The predicted molar refractivity (Wildman–Crippen MR) is 116 cm³/mol. The highest BCUT2D eigenvalue weighted by atomic mass is 32.2. The molecule has 0 fully saturated rings. The van der Waals surface area contributed by atoms with E-state index < -0.39 is 22.2 Å². The van der Waals surface area contributed by atoms with Gasteiger partial charge in [0.1, 0.15) is 0 Å². The molecule has 2 aliphatic carbocycles. The van der Waals surface area contributed by atoms with Crippen molar-refractivity contribution in [3.63, 3.8) is 0 Å². The van der Waals surface area contributed by atoms with Gasteiger partial charge in [0.05, 0.1) is 31.8 Å². The molecular formula is C21H27N3O3S2. The molecule has 0 saturated heterocycles. The van der Waals surface area contributed by atoms with Crippen LogP contribution in [0.5, 0.6) is 0 Å². The number of aromatic nitrogens is 1. The van der Waals surface area contributed by atoms with Crippen molar-refractivity contribution in [1.29, 1.82) is 0 Å². The molecule has 2 heterocycles. The predicted octanol–water partition coefficient (Wildman–Crippen LogP) is 4.34. The molecule has 0 saturated carbocycles. The van der Waals surface area contributed by atoms with Crippen molar-refractivity contribution in [2.45, 2.75) is 75.0 Å². The standard InChI is InChI=1S/C21H27N3O3S2/c1-20(2)9-8-14-17(13-6-5-7-15(13)22-18(14)20)23-19(25)24-29(27)16-10-12(11-28-16)21(3,4)26/h10-11,26,29H,5-9H2,1-4H3,(H,22,23,25). The molecule has 0 bridgehead atoms. The minimum Gasteiger partial charge on any atom is -0.386 e. The highest BCUT2D eigenvalue weighted by Crippen LogP contribution is 2.44. The fraction of sp³-hybridized carbons (Fsp3) is 0.524. The van der Waals surface area contributed by atoms with Gasteiger partial charge in [-0.15, -0.1) is 15.7 Å². The number of thiophene rings is 1. The molecule has 8 heteroatoms. The smallest absolute Gasteiger partial charge is 0.353 e. The average Bonchev–Trinajstić information content (AvgIpc) is 3.33. The van der Waals surface area contributed by atoms with Crippen LogP contribution < -0.4 is 5.32 Å². The summed E-state index contributed by atoms with van der Waals surface area (Å²) >= 11 is 1.25. The second kappa shape index (κ2) is 7.18. The van der Waals surface area contributed by atoms with Gasteiger partial charge in [-0.3, -0.25) is 4.98 Å². The van der Waals surface area contributed by atoms with Crippen molar-refractivity contribution in [2.75, 3.05) is 5.32 Å². The van der Waals surface area contributed by atoms with Gasteiger partial charge in [-0.05, 0) is 74.1 Å². The Hall–Kier alpha value is -1.77. The topological polar surface area (TPSA) is 91.6 Å². The largest absolute Gasteiger partial charge is 0.386 e. The zero-order valence-electron chi connectivity index (χ0n) is 17.2. The molecular weight excluding hydrogens is 406 g/mol. The van der Waals surface area contributed by atoms with Crippen LogP contribution in [0.2, 0.25) is 0 Å². The third kappa shape index (κ3) is 3.85. The minimum atomic E-state index is -2.21. The van der Waals surface area contributed by atoms with Gasteiger partial charge >= 0.3 is 6.03 Å². The number of thiol groups is 1. The Morgan fingerprint density at radius 2 is 2.07 bits per heavy atom. The molecule has 0 aliphatic heterocycles. The number of nitrogens with zero attached hydrogens (tertiary/aromatic N) is 2. The first-order valence-corrected chi connectivity index (χ1v) is 12.0. The third-order valence-electron chi connectivity index (χ3n) is 5.86. The molecule has 2 aliphatic rings. The zero-order valence-corrected chi connectivity index (χ0v) is 18.9. The summed E-state index contributed by atoms with van der Waals surface area (Å²) in [5, 5.41) is 14.8. The normalized spacial score (nSPS) is 18.5. The van der Waals surface area contributed by atoms with Crippen molar-refractivity contribution >= 4 is 33.7 Å². The number of pyridine rings is 1. The van der Waals surface area contributed by atoms with Gasteiger partial charge in [0.2, 0.25) is 0 Å².